The van der Waals surface area contributed by atoms with Crippen LogP contribution in [-0.2, 0) is 14.3 Å². The number of esters is 2. The van der Waals surface area contributed by atoms with Crippen molar-refractivity contribution in [3.8, 4) is 23.3 Å². The lowest BCUT2D eigenvalue weighted by atomic mass is 10.1. The van der Waals surface area contributed by atoms with E-state index in [-0.39, 0.29) is 22.6 Å². The molecule has 0 heterocycles. The van der Waals surface area contributed by atoms with Crippen LogP contribution in [0.2, 0.25) is 0 Å². The number of halogens is 1. The molecule has 2 rings (SSSR count). The summed E-state index contributed by atoms with van der Waals surface area (Å²) < 4.78 is 30.2. The zero-order chi connectivity index (χ0) is 23.8. The average Bonchev–Trinajstić information content (AvgIpc) is 2.73. The lowest BCUT2D eigenvalue weighted by Crippen LogP contribution is -2.07. The lowest BCUT2D eigenvalue weighted by Gasteiger charge is -2.10. The van der Waals surface area contributed by atoms with E-state index in [1.165, 1.54) is 19.1 Å². The van der Waals surface area contributed by atoms with Crippen molar-refractivity contribution in [2.45, 2.75) is 27.7 Å². The Morgan fingerprint density at radius 1 is 0.781 bits per heavy atom. The highest BCUT2D eigenvalue weighted by molar-refractivity contribution is 5.88. The van der Waals surface area contributed by atoms with Crippen LogP contribution in [0.5, 0.6) is 11.5 Å². The van der Waals surface area contributed by atoms with Crippen molar-refractivity contribution < 1.29 is 28.2 Å². The van der Waals surface area contributed by atoms with Gasteiger partial charge >= 0.3 is 11.9 Å². The summed E-state index contributed by atoms with van der Waals surface area (Å²) in [5, 5.41) is 0. The van der Waals surface area contributed by atoms with Gasteiger partial charge in [0.25, 0.3) is 0 Å². The van der Waals surface area contributed by atoms with Crippen LogP contribution in [0.4, 0.5) is 4.39 Å². The molecule has 0 fully saturated rings. The lowest BCUT2D eigenvalue weighted by molar-refractivity contribution is -0.135. The second-order valence-electron chi connectivity index (χ2n) is 6.97. The zero-order valence-corrected chi connectivity index (χ0v) is 18.4. The Hall–Kier alpha value is -4.11. The molecule has 0 N–H and O–H groups in total. The summed E-state index contributed by atoms with van der Waals surface area (Å²) in [4.78, 5) is 23.1. The zero-order valence-electron chi connectivity index (χ0n) is 18.4. The Morgan fingerprint density at radius 3 is 1.94 bits per heavy atom. The van der Waals surface area contributed by atoms with Gasteiger partial charge in [0.15, 0.2) is 0 Å². The van der Waals surface area contributed by atoms with Crippen molar-refractivity contribution >= 4 is 11.9 Å². The van der Waals surface area contributed by atoms with Crippen LogP contribution in [-0.4, -0.2) is 11.9 Å². The van der Waals surface area contributed by atoms with E-state index in [4.69, 9.17) is 14.2 Å². The van der Waals surface area contributed by atoms with Crippen molar-refractivity contribution in [2.24, 2.45) is 0 Å². The van der Waals surface area contributed by atoms with Crippen molar-refractivity contribution in [3.05, 3.63) is 95.2 Å². The van der Waals surface area contributed by atoms with E-state index in [9.17, 15) is 14.0 Å². The monoisotopic (exact) mass is 434 g/mol. The molecule has 32 heavy (non-hydrogen) atoms. The van der Waals surface area contributed by atoms with Gasteiger partial charge < -0.3 is 14.2 Å². The molecule has 0 aliphatic carbocycles. The molecule has 0 aliphatic rings. The number of benzene rings is 2. The first-order valence-electron chi connectivity index (χ1n) is 9.59. The number of carbonyl (C=O) groups excluding carboxylic acids is 2. The van der Waals surface area contributed by atoms with E-state index in [1.54, 1.807) is 51.1 Å². The molecule has 5 nitrogen and oxygen atoms in total. The first-order valence-corrected chi connectivity index (χ1v) is 9.59. The third kappa shape index (κ3) is 6.99. The van der Waals surface area contributed by atoms with E-state index in [2.05, 4.69) is 25.0 Å². The number of carbonyl (C=O) groups is 2. The maximum absolute atomic E-state index is 14.4. The SMILES string of the molecule is C=C(C)C(=O)OC(C)=C(C)Oc1ccc(C#Cc2ccc(OC(=O)C(=C)C)cc2)c(F)c1. The molecule has 2 aromatic carbocycles. The van der Waals surface area contributed by atoms with Crippen LogP contribution in [0, 0.1) is 17.7 Å². The van der Waals surface area contributed by atoms with Crippen LogP contribution < -0.4 is 9.47 Å². The van der Waals surface area contributed by atoms with Crippen LogP contribution in [0.15, 0.2) is 78.3 Å². The Labute approximate surface area is 186 Å². The molecule has 164 valence electrons. The number of allylic oxidation sites excluding steroid dienone is 2. The van der Waals surface area contributed by atoms with Crippen molar-refractivity contribution in [1.82, 2.24) is 0 Å². The van der Waals surface area contributed by atoms with Crippen LogP contribution in [0.3, 0.4) is 0 Å². The summed E-state index contributed by atoms with van der Waals surface area (Å²) in [5.41, 5.74) is 1.36. The van der Waals surface area contributed by atoms with E-state index >= 15 is 0 Å². The molecule has 0 unspecified atom stereocenters. The second kappa shape index (κ2) is 10.8. The van der Waals surface area contributed by atoms with E-state index < -0.39 is 17.8 Å². The number of rotatable bonds is 6. The standard InChI is InChI=1S/C26H23FO5/c1-16(2)25(28)31-19(6)18(5)30-23-14-11-21(24(27)15-23)10-7-20-8-12-22(13-9-20)32-26(29)17(3)4/h8-9,11-15H,1,3H2,2,4-6H3. The van der Waals surface area contributed by atoms with Crippen molar-refractivity contribution in [2.75, 3.05) is 0 Å². The van der Waals surface area contributed by atoms with Gasteiger partial charge in [-0.3, -0.25) is 0 Å². The highest BCUT2D eigenvalue weighted by Gasteiger charge is 2.10. The fraction of sp³-hybridized carbons (Fsp3) is 0.154. The van der Waals surface area contributed by atoms with Crippen LogP contribution in [0.1, 0.15) is 38.8 Å². The predicted molar refractivity (Wildman–Crippen MR) is 119 cm³/mol. The number of ether oxygens (including phenoxy) is 3. The third-order valence-corrected chi connectivity index (χ3v) is 4.06. The maximum Gasteiger partial charge on any atom is 0.338 e. The van der Waals surface area contributed by atoms with Crippen molar-refractivity contribution in [1.29, 1.82) is 0 Å². The topological polar surface area (TPSA) is 61.8 Å². The summed E-state index contributed by atoms with van der Waals surface area (Å²) >= 11 is 0. The van der Waals surface area contributed by atoms with Crippen LogP contribution in [0.25, 0.3) is 0 Å². The molecule has 0 bridgehead atoms. The second-order valence-corrected chi connectivity index (χ2v) is 6.97. The molecule has 0 atom stereocenters. The van der Waals surface area contributed by atoms with Gasteiger partial charge in [0, 0.05) is 22.8 Å². The maximum atomic E-state index is 14.4. The molecular formula is C26H23FO5. The van der Waals surface area contributed by atoms with Gasteiger partial charge in [0.1, 0.15) is 28.8 Å². The van der Waals surface area contributed by atoms with Gasteiger partial charge in [0.2, 0.25) is 0 Å². The van der Waals surface area contributed by atoms with E-state index in [0.29, 0.717) is 22.6 Å². The minimum absolute atomic E-state index is 0.183. The Bertz CT molecular complexity index is 1160. The van der Waals surface area contributed by atoms with Gasteiger partial charge in [-0.25, -0.2) is 14.0 Å². The Kier molecular flexibility index (Phi) is 8.14. The molecule has 0 aromatic heterocycles. The highest BCUT2D eigenvalue weighted by atomic mass is 19.1. The summed E-state index contributed by atoms with van der Waals surface area (Å²) in [6.45, 7) is 13.3. The normalized spacial score (nSPS) is 10.8. The number of hydrogen-bond donors (Lipinski definition) is 0. The molecule has 6 heteroatoms. The molecule has 0 aliphatic heterocycles. The smallest absolute Gasteiger partial charge is 0.338 e. The summed E-state index contributed by atoms with van der Waals surface area (Å²) in [6.07, 6.45) is 0. The highest BCUT2D eigenvalue weighted by Crippen LogP contribution is 2.20. The van der Waals surface area contributed by atoms with E-state index in [1.807, 2.05) is 0 Å². The molecule has 0 spiro atoms. The Morgan fingerprint density at radius 2 is 1.38 bits per heavy atom. The predicted octanol–water partition coefficient (Wildman–Crippen LogP) is 5.46. The molecule has 0 amide bonds. The van der Waals surface area contributed by atoms with Gasteiger partial charge in [-0.15, -0.1) is 0 Å². The largest absolute Gasteiger partial charge is 0.458 e. The first-order chi connectivity index (χ1) is 15.1. The molecular weight excluding hydrogens is 411 g/mol. The number of hydrogen-bond acceptors (Lipinski definition) is 5. The summed E-state index contributed by atoms with van der Waals surface area (Å²) in [7, 11) is 0. The van der Waals surface area contributed by atoms with E-state index in [0.717, 1.165) is 0 Å². The van der Waals surface area contributed by atoms with Crippen LogP contribution >= 0.6 is 0 Å². The van der Waals surface area contributed by atoms with Gasteiger partial charge in [-0.05, 0) is 64.1 Å². The van der Waals surface area contributed by atoms with Gasteiger partial charge in [-0.1, -0.05) is 25.0 Å². The summed E-state index contributed by atoms with van der Waals surface area (Å²) in [5.74, 6) is 5.13. The molecule has 0 saturated heterocycles. The Balaban J connectivity index is 2.09. The van der Waals surface area contributed by atoms with Crippen molar-refractivity contribution in [3.63, 3.8) is 0 Å². The van der Waals surface area contributed by atoms with Gasteiger partial charge in [-0.2, -0.15) is 0 Å². The first kappa shape index (κ1) is 24.2. The summed E-state index contributed by atoms with van der Waals surface area (Å²) in [6, 6.07) is 10.8. The molecule has 0 radical (unpaired) electrons. The average molecular weight is 434 g/mol. The molecule has 0 saturated carbocycles. The fourth-order valence-corrected chi connectivity index (χ4v) is 2.15. The minimum Gasteiger partial charge on any atom is -0.458 e. The fourth-order valence-electron chi connectivity index (χ4n) is 2.15. The third-order valence-electron chi connectivity index (χ3n) is 4.06. The minimum atomic E-state index is -0.565. The van der Waals surface area contributed by atoms with Gasteiger partial charge in [0.05, 0.1) is 5.56 Å². The molecule has 2 aromatic rings. The quantitative estimate of drug-likeness (QED) is 0.199.